The Labute approximate surface area is 278 Å². The molecule has 0 spiro atoms. The summed E-state index contributed by atoms with van der Waals surface area (Å²) < 4.78 is 0. The van der Waals surface area contributed by atoms with E-state index in [-0.39, 0.29) is 16.7 Å². The Balaban J connectivity index is 1.23. The van der Waals surface area contributed by atoms with Crippen molar-refractivity contribution in [1.82, 2.24) is 0 Å². The first-order chi connectivity index (χ1) is 22.8. The number of rotatable bonds is 4. The van der Waals surface area contributed by atoms with Gasteiger partial charge in [0.05, 0.1) is 0 Å². The molecule has 7 aromatic carbocycles. The summed E-state index contributed by atoms with van der Waals surface area (Å²) in [5.41, 5.74) is 17.5. The normalized spacial score (nSPS) is 15.5. The van der Waals surface area contributed by atoms with Gasteiger partial charge < -0.3 is 0 Å². The summed E-state index contributed by atoms with van der Waals surface area (Å²) in [7, 11) is 0. The molecule has 0 heterocycles. The molecule has 47 heavy (non-hydrogen) atoms. The zero-order chi connectivity index (χ0) is 31.9. The number of hydrogen-bond acceptors (Lipinski definition) is 0. The molecule has 0 N–H and O–H groups in total. The highest BCUT2D eigenvalue weighted by atomic mass is 14.4. The summed E-state index contributed by atoms with van der Waals surface area (Å²) in [6.07, 6.45) is 0. The summed E-state index contributed by atoms with van der Waals surface area (Å²) >= 11 is 0. The maximum Gasteiger partial charge on any atom is 0.0340 e. The highest BCUT2D eigenvalue weighted by molar-refractivity contribution is 5.93. The van der Waals surface area contributed by atoms with Crippen LogP contribution in [-0.2, 0) is 10.8 Å². The van der Waals surface area contributed by atoms with Gasteiger partial charge in [-0.2, -0.15) is 0 Å². The topological polar surface area (TPSA) is 0 Å². The zero-order valence-electron chi connectivity index (χ0n) is 27.5. The highest BCUT2D eigenvalue weighted by Crippen LogP contribution is 2.53. The van der Waals surface area contributed by atoms with Crippen molar-refractivity contribution in [2.24, 2.45) is 0 Å². The molecule has 2 aliphatic rings. The average Bonchev–Trinajstić information content (AvgIpc) is 3.47. The van der Waals surface area contributed by atoms with Gasteiger partial charge in [0.15, 0.2) is 0 Å². The van der Waals surface area contributed by atoms with Gasteiger partial charge in [-0.1, -0.05) is 161 Å². The Morgan fingerprint density at radius 1 is 0.340 bits per heavy atom. The second-order valence-electron chi connectivity index (χ2n) is 14.6. The van der Waals surface area contributed by atoms with Crippen molar-refractivity contribution >= 4 is 10.8 Å². The van der Waals surface area contributed by atoms with E-state index in [2.05, 4.69) is 179 Å². The third-order valence-corrected chi connectivity index (χ3v) is 11.2. The second-order valence-corrected chi connectivity index (χ2v) is 14.6. The molecule has 0 radical (unpaired) electrons. The van der Waals surface area contributed by atoms with Crippen molar-refractivity contribution in [3.63, 3.8) is 0 Å². The predicted octanol–water partition coefficient (Wildman–Crippen LogP) is 12.3. The SMILES string of the molecule is CC1(C)c2ccccc2-c2ccc(C(c3ccc(-c4ccccc4)cc3)c3ccc4c(c3)-c3cc5ccccc5cc3C4(C)C)cc21. The number of hydrogen-bond donors (Lipinski definition) is 0. The Hall–Kier alpha value is -5.20. The van der Waals surface area contributed by atoms with Crippen molar-refractivity contribution in [1.29, 1.82) is 0 Å². The van der Waals surface area contributed by atoms with E-state index >= 15 is 0 Å². The third kappa shape index (κ3) is 4.21. The molecule has 0 aromatic heterocycles. The summed E-state index contributed by atoms with van der Waals surface area (Å²) in [4.78, 5) is 0. The van der Waals surface area contributed by atoms with Crippen LogP contribution in [-0.4, -0.2) is 0 Å². The zero-order valence-corrected chi connectivity index (χ0v) is 27.5. The molecule has 0 fully saturated rings. The van der Waals surface area contributed by atoms with Crippen LogP contribution in [0.2, 0.25) is 0 Å². The molecule has 0 saturated carbocycles. The highest BCUT2D eigenvalue weighted by Gasteiger charge is 2.38. The minimum Gasteiger partial charge on any atom is -0.0622 e. The first-order valence-electron chi connectivity index (χ1n) is 16.9. The van der Waals surface area contributed by atoms with Crippen LogP contribution in [0, 0.1) is 0 Å². The van der Waals surface area contributed by atoms with Crippen LogP contribution in [0.3, 0.4) is 0 Å². The standard InChI is InChI=1S/C47H38/c1-46(2)41-17-11-10-16-37(41)38-24-22-36(29-43(38)46)45(32-20-18-31(19-21-32)30-12-6-5-7-13-30)35-23-25-42-39(27-35)40-26-33-14-8-9-15-34(33)28-44(40)47(42,3)4/h5-29,45H,1-4H3. The lowest BCUT2D eigenvalue weighted by Crippen LogP contribution is -2.16. The van der Waals surface area contributed by atoms with Crippen LogP contribution in [0.15, 0.2) is 152 Å². The minimum atomic E-state index is -0.0522. The fourth-order valence-electron chi connectivity index (χ4n) is 8.61. The Bertz CT molecular complexity index is 2330. The lowest BCUT2D eigenvalue weighted by molar-refractivity contribution is 0.658. The van der Waals surface area contributed by atoms with Crippen LogP contribution >= 0.6 is 0 Å². The summed E-state index contributed by atoms with van der Waals surface area (Å²) in [5, 5.41) is 2.61. The van der Waals surface area contributed by atoms with Gasteiger partial charge in [-0.15, -0.1) is 0 Å². The molecule has 9 rings (SSSR count). The van der Waals surface area contributed by atoms with Crippen LogP contribution in [0.25, 0.3) is 44.2 Å². The van der Waals surface area contributed by atoms with E-state index in [4.69, 9.17) is 0 Å². The number of fused-ring (bicyclic) bond motifs is 7. The van der Waals surface area contributed by atoms with Gasteiger partial charge in [0.2, 0.25) is 0 Å². The van der Waals surface area contributed by atoms with Crippen molar-refractivity contribution in [3.05, 3.63) is 191 Å². The summed E-state index contributed by atoms with van der Waals surface area (Å²) in [6, 6.07) is 57.1. The Morgan fingerprint density at radius 2 is 0.851 bits per heavy atom. The number of benzene rings is 7. The first kappa shape index (κ1) is 28.1. The van der Waals surface area contributed by atoms with Crippen LogP contribution in [0.4, 0.5) is 0 Å². The third-order valence-electron chi connectivity index (χ3n) is 11.2. The van der Waals surface area contributed by atoms with Gasteiger partial charge in [0.1, 0.15) is 0 Å². The van der Waals surface area contributed by atoms with E-state index < -0.39 is 0 Å². The maximum atomic E-state index is 2.50. The molecule has 0 bridgehead atoms. The first-order valence-corrected chi connectivity index (χ1v) is 16.9. The minimum absolute atomic E-state index is 0.0500. The van der Waals surface area contributed by atoms with E-state index in [0.29, 0.717) is 0 Å². The lowest BCUT2D eigenvalue weighted by Gasteiger charge is -2.26. The van der Waals surface area contributed by atoms with E-state index in [1.807, 2.05) is 0 Å². The predicted molar refractivity (Wildman–Crippen MR) is 198 cm³/mol. The van der Waals surface area contributed by atoms with Gasteiger partial charge in [-0.25, -0.2) is 0 Å². The van der Waals surface area contributed by atoms with E-state index in [1.165, 1.54) is 83.1 Å². The molecule has 2 aliphatic carbocycles. The molecule has 226 valence electrons. The van der Waals surface area contributed by atoms with Gasteiger partial charge in [0.25, 0.3) is 0 Å². The molecule has 0 nitrogen and oxygen atoms in total. The Morgan fingerprint density at radius 3 is 1.62 bits per heavy atom. The van der Waals surface area contributed by atoms with Crippen molar-refractivity contribution in [2.45, 2.75) is 44.4 Å². The smallest absolute Gasteiger partial charge is 0.0340 e. The lowest BCUT2D eigenvalue weighted by atomic mass is 9.78. The molecule has 1 atom stereocenters. The maximum absolute atomic E-state index is 2.50. The summed E-state index contributed by atoms with van der Waals surface area (Å²) in [5.74, 6) is 0.0996. The van der Waals surface area contributed by atoms with Crippen molar-refractivity contribution < 1.29 is 0 Å². The molecular weight excluding hydrogens is 565 g/mol. The molecule has 7 aromatic rings. The molecule has 0 aliphatic heterocycles. The summed E-state index contributed by atoms with van der Waals surface area (Å²) in [6.45, 7) is 9.52. The van der Waals surface area contributed by atoms with Gasteiger partial charge in [-0.3, -0.25) is 0 Å². The monoisotopic (exact) mass is 602 g/mol. The molecule has 1 unspecified atom stereocenters. The fourth-order valence-corrected chi connectivity index (χ4v) is 8.61. The van der Waals surface area contributed by atoms with Crippen LogP contribution < -0.4 is 0 Å². The van der Waals surface area contributed by atoms with Gasteiger partial charge in [-0.05, 0) is 101 Å². The molecular formula is C47H38. The van der Waals surface area contributed by atoms with Crippen molar-refractivity contribution in [3.8, 4) is 33.4 Å². The molecule has 0 heteroatoms. The van der Waals surface area contributed by atoms with E-state index in [0.717, 1.165) is 0 Å². The van der Waals surface area contributed by atoms with Crippen molar-refractivity contribution in [2.75, 3.05) is 0 Å². The second kappa shape index (κ2) is 10.1. The van der Waals surface area contributed by atoms with Gasteiger partial charge in [0, 0.05) is 16.7 Å². The Kier molecular flexibility index (Phi) is 6.06. The van der Waals surface area contributed by atoms with Crippen LogP contribution in [0.1, 0.15) is 72.6 Å². The van der Waals surface area contributed by atoms with Gasteiger partial charge >= 0.3 is 0 Å². The van der Waals surface area contributed by atoms with E-state index in [1.54, 1.807) is 0 Å². The molecule has 0 saturated heterocycles. The van der Waals surface area contributed by atoms with Crippen LogP contribution in [0.5, 0.6) is 0 Å². The van der Waals surface area contributed by atoms with E-state index in [9.17, 15) is 0 Å². The quantitative estimate of drug-likeness (QED) is 0.176. The molecule has 0 amide bonds. The fraction of sp³-hybridized carbons (Fsp3) is 0.149. The largest absolute Gasteiger partial charge is 0.0622 e. The average molecular weight is 603 g/mol.